The van der Waals surface area contributed by atoms with Crippen molar-refractivity contribution in [3.05, 3.63) is 193 Å². The largest absolute Gasteiger partial charge is 0.277 e. The molecule has 0 aliphatic heterocycles. The highest BCUT2D eigenvalue weighted by Gasteiger charge is 2.38. The van der Waals surface area contributed by atoms with Crippen LogP contribution in [0.25, 0.3) is 94.7 Å². The van der Waals surface area contributed by atoms with Crippen molar-refractivity contribution in [1.82, 2.24) is 19.5 Å². The van der Waals surface area contributed by atoms with E-state index in [4.69, 9.17) is 15.0 Å². The molecular weight excluding hydrogens is 681 g/mol. The third-order valence-electron chi connectivity index (χ3n) is 11.7. The third-order valence-corrected chi connectivity index (χ3v) is 11.7. The van der Waals surface area contributed by atoms with Gasteiger partial charge in [-0.1, -0.05) is 190 Å². The maximum atomic E-state index is 5.36. The summed E-state index contributed by atoms with van der Waals surface area (Å²) in [5, 5.41) is 4.74. The second-order valence-corrected chi connectivity index (χ2v) is 15.2. The number of fused-ring (bicyclic) bond motifs is 8. The highest BCUT2D eigenvalue weighted by molar-refractivity contribution is 6.23. The monoisotopic (exact) mass is 716 g/mol. The lowest BCUT2D eigenvalue weighted by molar-refractivity contribution is 0.662. The number of para-hydroxylation sites is 1. The fourth-order valence-corrected chi connectivity index (χ4v) is 9.09. The van der Waals surface area contributed by atoms with Crippen molar-refractivity contribution in [3.8, 4) is 62.1 Å². The van der Waals surface area contributed by atoms with E-state index in [2.05, 4.69) is 176 Å². The smallest absolute Gasteiger partial charge is 0.238 e. The Balaban J connectivity index is 1.22. The van der Waals surface area contributed by atoms with Crippen molar-refractivity contribution in [2.75, 3.05) is 0 Å². The molecule has 1 aliphatic rings. The molecule has 0 N–H and O–H groups in total. The molecule has 0 amide bonds. The molecule has 56 heavy (non-hydrogen) atoms. The molecule has 4 heteroatoms. The third kappa shape index (κ3) is 4.89. The van der Waals surface area contributed by atoms with E-state index in [1.165, 1.54) is 49.5 Å². The topological polar surface area (TPSA) is 43.6 Å². The lowest BCUT2D eigenvalue weighted by Crippen LogP contribution is -2.16. The quantitative estimate of drug-likeness (QED) is 0.178. The van der Waals surface area contributed by atoms with Crippen LogP contribution >= 0.6 is 0 Å². The first kappa shape index (κ1) is 32.3. The highest BCUT2D eigenvalue weighted by atomic mass is 15.2. The number of benzene rings is 8. The Kier molecular flexibility index (Phi) is 7.17. The predicted molar refractivity (Wildman–Crippen MR) is 231 cm³/mol. The summed E-state index contributed by atoms with van der Waals surface area (Å²) in [5.74, 6) is 1.83. The van der Waals surface area contributed by atoms with E-state index in [-0.39, 0.29) is 5.41 Å². The van der Waals surface area contributed by atoms with Crippen LogP contribution in [0, 0.1) is 0 Å². The Hall–Kier alpha value is -7.17. The van der Waals surface area contributed by atoms with Crippen LogP contribution in [0.2, 0.25) is 0 Å². The average Bonchev–Trinajstić information content (AvgIpc) is 3.73. The number of aromatic nitrogens is 4. The molecule has 264 valence electrons. The maximum Gasteiger partial charge on any atom is 0.238 e. The zero-order chi connectivity index (χ0) is 37.4. The fourth-order valence-electron chi connectivity index (χ4n) is 9.09. The Morgan fingerprint density at radius 2 is 0.946 bits per heavy atom. The van der Waals surface area contributed by atoms with Gasteiger partial charge in [-0.2, -0.15) is 9.97 Å². The van der Waals surface area contributed by atoms with Crippen molar-refractivity contribution in [2.45, 2.75) is 19.3 Å². The molecular formula is C52H36N4. The molecule has 0 radical (unpaired) electrons. The minimum absolute atomic E-state index is 0.193. The Bertz CT molecular complexity index is 3140. The molecule has 2 aromatic heterocycles. The van der Waals surface area contributed by atoms with Crippen molar-refractivity contribution >= 4 is 32.6 Å². The first-order valence-corrected chi connectivity index (χ1v) is 19.2. The number of hydrogen-bond donors (Lipinski definition) is 0. The van der Waals surface area contributed by atoms with Gasteiger partial charge in [0.05, 0.1) is 11.0 Å². The molecule has 0 saturated carbocycles. The van der Waals surface area contributed by atoms with Crippen molar-refractivity contribution in [2.24, 2.45) is 0 Å². The Morgan fingerprint density at radius 1 is 0.411 bits per heavy atom. The van der Waals surface area contributed by atoms with Gasteiger partial charge in [0.2, 0.25) is 5.95 Å². The van der Waals surface area contributed by atoms with Gasteiger partial charge in [0.25, 0.3) is 0 Å². The summed E-state index contributed by atoms with van der Waals surface area (Å²) in [6, 6.07) is 64.7. The van der Waals surface area contributed by atoms with Gasteiger partial charge in [0.15, 0.2) is 11.6 Å². The van der Waals surface area contributed by atoms with Gasteiger partial charge in [-0.3, -0.25) is 4.57 Å². The van der Waals surface area contributed by atoms with E-state index < -0.39 is 0 Å². The number of rotatable bonds is 5. The molecule has 0 fully saturated rings. The molecule has 0 spiro atoms. The van der Waals surface area contributed by atoms with Crippen LogP contribution in [-0.4, -0.2) is 19.5 Å². The molecule has 0 atom stereocenters. The van der Waals surface area contributed by atoms with Gasteiger partial charge in [-0.15, -0.1) is 0 Å². The van der Waals surface area contributed by atoms with E-state index >= 15 is 0 Å². The highest BCUT2D eigenvalue weighted by Crippen LogP contribution is 2.53. The average molecular weight is 717 g/mol. The van der Waals surface area contributed by atoms with Gasteiger partial charge in [0, 0.05) is 32.9 Å². The minimum Gasteiger partial charge on any atom is -0.277 e. The molecule has 11 rings (SSSR count). The van der Waals surface area contributed by atoms with Crippen molar-refractivity contribution in [3.63, 3.8) is 0 Å². The molecule has 4 nitrogen and oxygen atoms in total. The summed E-state index contributed by atoms with van der Waals surface area (Å²) >= 11 is 0. The molecule has 8 aromatic carbocycles. The summed E-state index contributed by atoms with van der Waals surface area (Å²) in [7, 11) is 0. The van der Waals surface area contributed by atoms with E-state index in [0.29, 0.717) is 17.6 Å². The first-order chi connectivity index (χ1) is 27.5. The van der Waals surface area contributed by atoms with E-state index in [1.54, 1.807) is 0 Å². The van der Waals surface area contributed by atoms with Crippen molar-refractivity contribution in [1.29, 1.82) is 0 Å². The van der Waals surface area contributed by atoms with Crippen LogP contribution in [0.15, 0.2) is 182 Å². The zero-order valence-electron chi connectivity index (χ0n) is 31.1. The maximum absolute atomic E-state index is 5.36. The van der Waals surface area contributed by atoms with Crippen LogP contribution in [0.3, 0.4) is 0 Å². The number of hydrogen-bond acceptors (Lipinski definition) is 3. The molecule has 2 heterocycles. The zero-order valence-corrected chi connectivity index (χ0v) is 31.1. The van der Waals surface area contributed by atoms with Crippen LogP contribution in [0.4, 0.5) is 0 Å². The van der Waals surface area contributed by atoms with E-state index in [0.717, 1.165) is 38.7 Å². The SMILES string of the molecule is CC1(C)c2ccccc2-c2cccc(-c3cccc4c5c6ccccc6ccc5n(-c5nc(-c6ccccc6)nc(-c6ccc(-c7ccccc7)cc6)n5)c34)c21. The lowest BCUT2D eigenvalue weighted by Gasteiger charge is -2.25. The predicted octanol–water partition coefficient (Wildman–Crippen LogP) is 13.1. The van der Waals surface area contributed by atoms with Crippen LogP contribution in [0.1, 0.15) is 25.0 Å². The van der Waals surface area contributed by atoms with Crippen LogP contribution in [0.5, 0.6) is 0 Å². The van der Waals surface area contributed by atoms with Crippen molar-refractivity contribution < 1.29 is 0 Å². The van der Waals surface area contributed by atoms with Gasteiger partial charge in [-0.05, 0) is 55.8 Å². The summed E-state index contributed by atoms with van der Waals surface area (Å²) in [6.07, 6.45) is 0. The second-order valence-electron chi connectivity index (χ2n) is 15.2. The molecule has 0 saturated heterocycles. The molecule has 0 unspecified atom stereocenters. The fraction of sp³-hybridized carbons (Fsp3) is 0.0577. The second kappa shape index (κ2) is 12.4. The summed E-state index contributed by atoms with van der Waals surface area (Å²) in [6.45, 7) is 4.72. The molecule has 1 aliphatic carbocycles. The summed E-state index contributed by atoms with van der Waals surface area (Å²) in [5.41, 5.74) is 13.8. The standard InChI is InChI=1S/C52H36N4/c1-52(2)44-26-12-11-21-39(44)40-22-13-23-41(47(40)52)42-24-14-25-43-46-38-20-10-9-17-35(38)31-32-45(46)56(48(42)43)51-54-49(36-18-7-4-8-19-36)53-50(55-51)37-29-27-34(28-30-37)33-15-5-3-6-16-33/h3-32H,1-2H3. The van der Waals surface area contributed by atoms with Crippen LogP contribution in [-0.2, 0) is 5.41 Å². The minimum atomic E-state index is -0.193. The lowest BCUT2D eigenvalue weighted by atomic mass is 9.78. The number of nitrogens with zero attached hydrogens (tertiary/aromatic N) is 4. The van der Waals surface area contributed by atoms with Crippen LogP contribution < -0.4 is 0 Å². The molecule has 0 bridgehead atoms. The van der Waals surface area contributed by atoms with Gasteiger partial charge < -0.3 is 0 Å². The van der Waals surface area contributed by atoms with E-state index in [1.807, 2.05) is 24.3 Å². The normalized spacial score (nSPS) is 13.0. The summed E-state index contributed by atoms with van der Waals surface area (Å²) < 4.78 is 2.29. The Labute approximate surface area is 325 Å². The Morgan fingerprint density at radius 3 is 1.71 bits per heavy atom. The summed E-state index contributed by atoms with van der Waals surface area (Å²) in [4.78, 5) is 15.8. The van der Waals surface area contributed by atoms with Gasteiger partial charge >= 0.3 is 0 Å². The van der Waals surface area contributed by atoms with E-state index in [9.17, 15) is 0 Å². The first-order valence-electron chi connectivity index (χ1n) is 19.2. The van der Waals surface area contributed by atoms with Gasteiger partial charge in [-0.25, -0.2) is 4.98 Å². The molecule has 10 aromatic rings. The van der Waals surface area contributed by atoms with Gasteiger partial charge in [0.1, 0.15) is 0 Å².